The molecule has 0 fully saturated rings. The topological polar surface area (TPSA) is 94.8 Å². The van der Waals surface area contributed by atoms with E-state index in [1.165, 1.54) is 31.6 Å². The lowest BCUT2D eigenvalue weighted by molar-refractivity contribution is -0.145. The van der Waals surface area contributed by atoms with Crippen molar-refractivity contribution in [2.45, 2.75) is 13.1 Å². The van der Waals surface area contributed by atoms with Gasteiger partial charge in [0.1, 0.15) is 5.76 Å². The van der Waals surface area contributed by atoms with Crippen LogP contribution in [0.5, 0.6) is 0 Å². The first kappa shape index (κ1) is 21.9. The average Bonchev–Trinajstić information content (AvgIpc) is 3.18. The molecule has 0 aliphatic heterocycles. The molecule has 0 saturated carbocycles. The number of nitrogens with one attached hydrogen (secondary N) is 1. The van der Waals surface area contributed by atoms with E-state index in [1.54, 1.807) is 25.3 Å². The lowest BCUT2D eigenvalue weighted by Gasteiger charge is -2.11. The van der Waals surface area contributed by atoms with Gasteiger partial charge in [-0.3, -0.25) is 14.3 Å². The van der Waals surface area contributed by atoms with Crippen LogP contribution in [0.25, 0.3) is 22.6 Å². The second-order valence-electron chi connectivity index (χ2n) is 7.00. The van der Waals surface area contributed by atoms with E-state index < -0.39 is 17.9 Å². The van der Waals surface area contributed by atoms with E-state index in [4.69, 9.17) is 4.74 Å². The summed E-state index contributed by atoms with van der Waals surface area (Å²) < 4.78 is 47.1. The number of hydrogen-bond acceptors (Lipinski definition) is 6. The van der Waals surface area contributed by atoms with E-state index in [2.05, 4.69) is 31.8 Å². The maximum atomic E-state index is 13.7. The van der Waals surface area contributed by atoms with Gasteiger partial charge in [0.15, 0.2) is 11.6 Å². The lowest BCUT2D eigenvalue weighted by atomic mass is 10.1. The Morgan fingerprint density at radius 3 is 2.58 bits per heavy atom. The predicted octanol–water partition coefficient (Wildman–Crippen LogP) is 4.41. The Morgan fingerprint density at radius 2 is 1.94 bits per heavy atom. The van der Waals surface area contributed by atoms with Crippen LogP contribution in [0.1, 0.15) is 27.3 Å². The number of imidazole rings is 1. The fourth-order valence-electron chi connectivity index (χ4n) is 3.21. The van der Waals surface area contributed by atoms with Gasteiger partial charge in [0, 0.05) is 23.5 Å². The Labute approximate surface area is 185 Å². The molecular weight excluding hydrogens is 437 g/mol. The number of carbonyl (C=O) groups is 1. The van der Waals surface area contributed by atoms with Crippen molar-refractivity contribution in [2.24, 2.45) is 0 Å². The quantitative estimate of drug-likeness (QED) is 0.449. The van der Waals surface area contributed by atoms with Gasteiger partial charge in [0.25, 0.3) is 5.91 Å². The number of pyridine rings is 1. The summed E-state index contributed by atoms with van der Waals surface area (Å²) in [6, 6.07) is 6.05. The fourth-order valence-corrected chi connectivity index (χ4v) is 3.21. The number of amides is 1. The van der Waals surface area contributed by atoms with Crippen molar-refractivity contribution in [3.05, 3.63) is 78.1 Å². The van der Waals surface area contributed by atoms with Crippen molar-refractivity contribution in [1.29, 1.82) is 0 Å². The number of aromatic nitrogens is 5. The van der Waals surface area contributed by atoms with Gasteiger partial charge in [-0.25, -0.2) is 15.0 Å². The third-order valence-electron chi connectivity index (χ3n) is 4.85. The summed E-state index contributed by atoms with van der Waals surface area (Å²) in [6.45, 7) is 5.44. The molecule has 0 spiro atoms. The van der Waals surface area contributed by atoms with Crippen LogP contribution in [0.2, 0.25) is 0 Å². The second-order valence-corrected chi connectivity index (χ2v) is 7.00. The number of hydrogen-bond donors (Lipinski definition) is 1. The van der Waals surface area contributed by atoms with Crippen molar-refractivity contribution in [3.63, 3.8) is 0 Å². The van der Waals surface area contributed by atoms with E-state index in [1.807, 2.05) is 0 Å². The summed E-state index contributed by atoms with van der Waals surface area (Å²) in [6.07, 6.45) is 0.585. The number of anilines is 1. The molecule has 1 aromatic carbocycles. The first-order chi connectivity index (χ1) is 15.7. The zero-order chi connectivity index (χ0) is 23.8. The summed E-state index contributed by atoms with van der Waals surface area (Å²) >= 11 is 0. The smallest absolute Gasteiger partial charge is 0.450 e. The van der Waals surface area contributed by atoms with Crippen LogP contribution in [0.15, 0.2) is 55.6 Å². The van der Waals surface area contributed by atoms with E-state index in [0.717, 1.165) is 10.8 Å². The molecule has 0 radical (unpaired) electrons. The minimum atomic E-state index is -4.75. The summed E-state index contributed by atoms with van der Waals surface area (Å²) in [5, 5.41) is 2.57. The Balaban J connectivity index is 1.71. The zero-order valence-corrected chi connectivity index (χ0v) is 17.5. The molecule has 0 saturated heterocycles. The largest absolute Gasteiger partial charge is 0.497 e. The lowest BCUT2D eigenvalue weighted by Crippen LogP contribution is -2.16. The molecule has 0 aliphatic carbocycles. The minimum absolute atomic E-state index is 0.0802. The van der Waals surface area contributed by atoms with Gasteiger partial charge >= 0.3 is 6.18 Å². The molecule has 3 heterocycles. The van der Waals surface area contributed by atoms with E-state index in [9.17, 15) is 18.0 Å². The monoisotopic (exact) mass is 454 g/mol. The molecule has 4 aromatic rings. The van der Waals surface area contributed by atoms with E-state index in [-0.39, 0.29) is 22.7 Å². The molecule has 1 amide bonds. The molecule has 4 rings (SSSR count). The number of nitrogens with zero attached hydrogens (tertiary/aromatic N) is 5. The number of halogens is 3. The third kappa shape index (κ3) is 4.25. The van der Waals surface area contributed by atoms with Gasteiger partial charge in [0.05, 0.1) is 30.5 Å². The molecule has 168 valence electrons. The Morgan fingerprint density at radius 1 is 1.15 bits per heavy atom. The van der Waals surface area contributed by atoms with Crippen molar-refractivity contribution < 1.29 is 22.7 Å². The van der Waals surface area contributed by atoms with Crippen molar-refractivity contribution in [3.8, 4) is 5.82 Å². The first-order valence-corrected chi connectivity index (χ1v) is 9.56. The van der Waals surface area contributed by atoms with Gasteiger partial charge in [-0.1, -0.05) is 6.58 Å². The maximum absolute atomic E-state index is 13.7. The Bertz CT molecular complexity index is 1360. The number of alkyl halides is 3. The molecule has 1 N–H and O–H groups in total. The highest BCUT2D eigenvalue weighted by Crippen LogP contribution is 2.34. The van der Waals surface area contributed by atoms with Crippen LogP contribution >= 0.6 is 0 Å². The number of carbonyl (C=O) groups excluding carboxylic acids is 1. The van der Waals surface area contributed by atoms with Gasteiger partial charge in [-0.15, -0.1) is 0 Å². The molecule has 11 heteroatoms. The number of aryl methyl sites for hydroxylation is 1. The van der Waals surface area contributed by atoms with Crippen molar-refractivity contribution in [1.82, 2.24) is 24.5 Å². The molecule has 3 aromatic heterocycles. The number of benzene rings is 1. The highest BCUT2D eigenvalue weighted by Gasteiger charge is 2.38. The fraction of sp³-hybridized carbons (Fsp3) is 0.136. The van der Waals surface area contributed by atoms with Gasteiger partial charge in [-0.05, 0) is 36.8 Å². The number of methoxy groups -OCH3 is 1. The molecule has 0 atom stereocenters. The summed E-state index contributed by atoms with van der Waals surface area (Å²) in [7, 11) is 1.41. The molecule has 0 unspecified atom stereocenters. The van der Waals surface area contributed by atoms with Crippen LogP contribution in [0, 0.1) is 6.92 Å². The van der Waals surface area contributed by atoms with Crippen molar-refractivity contribution in [2.75, 3.05) is 12.4 Å². The number of ether oxygens (including phenoxy) is 1. The van der Waals surface area contributed by atoms with Gasteiger partial charge < -0.3 is 10.1 Å². The van der Waals surface area contributed by atoms with Gasteiger partial charge in [0.2, 0.25) is 5.82 Å². The van der Waals surface area contributed by atoms with Crippen LogP contribution < -0.4 is 5.32 Å². The average molecular weight is 454 g/mol. The van der Waals surface area contributed by atoms with Crippen LogP contribution in [0.4, 0.5) is 19.0 Å². The van der Waals surface area contributed by atoms with Crippen LogP contribution in [-0.4, -0.2) is 37.5 Å². The van der Waals surface area contributed by atoms with Crippen LogP contribution in [0.3, 0.4) is 0 Å². The molecule has 33 heavy (non-hydrogen) atoms. The number of rotatable bonds is 5. The van der Waals surface area contributed by atoms with Crippen LogP contribution in [-0.2, 0) is 10.9 Å². The highest BCUT2D eigenvalue weighted by atomic mass is 19.4. The minimum Gasteiger partial charge on any atom is -0.497 e. The molecule has 8 nitrogen and oxygen atoms in total. The van der Waals surface area contributed by atoms with Crippen molar-refractivity contribution >= 4 is 28.5 Å². The Hall–Kier alpha value is -4.28. The first-order valence-electron chi connectivity index (χ1n) is 9.56. The number of fused-ring (bicyclic) bond motifs is 1. The van der Waals surface area contributed by atoms with E-state index >= 15 is 0 Å². The molecular formula is C22H17F3N6O2. The Kier molecular flexibility index (Phi) is 5.54. The normalized spacial score (nSPS) is 11.4. The van der Waals surface area contributed by atoms with Gasteiger partial charge in [-0.2, -0.15) is 13.2 Å². The third-order valence-corrected chi connectivity index (χ3v) is 4.85. The highest BCUT2D eigenvalue weighted by molar-refractivity contribution is 6.04. The van der Waals surface area contributed by atoms with E-state index in [0.29, 0.717) is 22.4 Å². The standard InChI is InChI=1S/C22H17F3N6O2/c1-12-9-26-7-6-15(12)20(32)30-18-10-28-19(11-27-18)31-17-5-4-14(13(2)33-3)8-16(17)29-21(31)22(23,24)25/h4-11H,2H2,1,3H3,(H,27,30,32). The summed E-state index contributed by atoms with van der Waals surface area (Å²) in [5.74, 6) is -1.33. The maximum Gasteiger partial charge on any atom is 0.450 e. The zero-order valence-electron chi connectivity index (χ0n) is 17.5. The predicted molar refractivity (Wildman–Crippen MR) is 115 cm³/mol. The summed E-state index contributed by atoms with van der Waals surface area (Å²) in [4.78, 5) is 28.3. The molecule has 0 aliphatic rings. The SMILES string of the molecule is C=C(OC)c1ccc2c(c1)nc(C(F)(F)F)n2-c1cnc(NC(=O)c2ccncc2C)cn1. The second kappa shape index (κ2) is 8.34. The summed E-state index contributed by atoms with van der Waals surface area (Å²) in [5.41, 5.74) is 1.82. The molecule has 0 bridgehead atoms.